The summed E-state index contributed by atoms with van der Waals surface area (Å²) in [5.41, 5.74) is 0. The molecular weight excluding hydrogens is 383 g/mol. The van der Waals surface area contributed by atoms with Crippen molar-refractivity contribution in [2.45, 2.75) is 58.0 Å². The van der Waals surface area contributed by atoms with Crippen LogP contribution in [0.5, 0.6) is 0 Å². The van der Waals surface area contributed by atoms with Crippen LogP contribution in [0.25, 0.3) is 0 Å². The van der Waals surface area contributed by atoms with E-state index in [1.165, 1.54) is 9.75 Å². The predicted molar refractivity (Wildman–Crippen MR) is 121 cm³/mol. The minimum absolute atomic E-state index is 0.0534. The molecule has 29 heavy (non-hydrogen) atoms. The molecular formula is C23H31BO4S. The van der Waals surface area contributed by atoms with Gasteiger partial charge in [-0.15, -0.1) is 0 Å². The normalized spacial score (nSPS) is 24.4. The number of carboxylic acid groups (broad SMARTS) is 1. The van der Waals surface area contributed by atoms with Crippen molar-refractivity contribution in [1.82, 2.24) is 0 Å². The maximum atomic E-state index is 12.3. The Bertz CT molecular complexity index is 752. The number of aliphatic carboxylic acids is 1. The Labute approximate surface area is 178 Å². The molecule has 0 aliphatic heterocycles. The molecule has 1 heterocycles. The first kappa shape index (κ1) is 23.5. The fraction of sp³-hybridized carbons (Fsp3) is 0.522. The number of unbranched alkanes of at least 4 members (excludes halogenated alkanes) is 1. The molecule has 1 aromatic heterocycles. The number of hydrogen-bond donors (Lipinski definition) is 2. The third-order valence-electron chi connectivity index (χ3n) is 5.55. The van der Waals surface area contributed by atoms with Gasteiger partial charge in [0.25, 0.3) is 0 Å². The molecule has 0 spiro atoms. The van der Waals surface area contributed by atoms with Crippen LogP contribution in [-0.4, -0.2) is 41.5 Å². The van der Waals surface area contributed by atoms with E-state index < -0.39 is 12.1 Å². The van der Waals surface area contributed by atoms with Crippen LogP contribution in [0.1, 0.15) is 48.3 Å². The zero-order valence-electron chi connectivity index (χ0n) is 17.1. The van der Waals surface area contributed by atoms with E-state index in [0.29, 0.717) is 19.3 Å². The van der Waals surface area contributed by atoms with Crippen molar-refractivity contribution in [2.75, 3.05) is 0 Å². The molecule has 4 nitrogen and oxygen atoms in total. The summed E-state index contributed by atoms with van der Waals surface area (Å²) in [6.07, 6.45) is 11.4. The molecule has 0 saturated heterocycles. The molecule has 1 fully saturated rings. The number of aryl methyl sites for hydroxylation is 2. The molecule has 2 rings (SSSR count). The number of thiophene rings is 1. The van der Waals surface area contributed by atoms with E-state index in [4.69, 9.17) is 5.11 Å². The van der Waals surface area contributed by atoms with Gasteiger partial charge in [-0.25, -0.2) is 0 Å². The summed E-state index contributed by atoms with van der Waals surface area (Å²) in [7, 11) is 3.90. The third kappa shape index (κ3) is 7.86. The summed E-state index contributed by atoms with van der Waals surface area (Å²) in [4.78, 5) is 25.4. The number of carbonyl (C=O) groups excluding carboxylic acids is 1. The van der Waals surface area contributed by atoms with Crippen molar-refractivity contribution in [3.8, 4) is 0 Å². The van der Waals surface area contributed by atoms with Crippen molar-refractivity contribution in [3.05, 3.63) is 46.2 Å². The monoisotopic (exact) mass is 414 g/mol. The Morgan fingerprint density at radius 3 is 2.72 bits per heavy atom. The van der Waals surface area contributed by atoms with Crippen molar-refractivity contribution in [1.29, 1.82) is 0 Å². The van der Waals surface area contributed by atoms with Gasteiger partial charge in [-0.1, -0.05) is 0 Å². The fourth-order valence-corrected chi connectivity index (χ4v) is 4.84. The predicted octanol–water partition coefficient (Wildman–Crippen LogP) is 3.63. The summed E-state index contributed by atoms with van der Waals surface area (Å²) in [6.45, 7) is 2.07. The van der Waals surface area contributed by atoms with E-state index in [2.05, 4.69) is 26.5 Å². The maximum absolute atomic E-state index is 12.3. The number of hydrogen-bond acceptors (Lipinski definition) is 4. The first-order valence-electron chi connectivity index (χ1n) is 10.3. The third-order valence-corrected chi connectivity index (χ3v) is 6.61. The van der Waals surface area contributed by atoms with Crippen LogP contribution < -0.4 is 0 Å². The molecule has 1 unspecified atom stereocenters. The summed E-state index contributed by atoms with van der Waals surface area (Å²) in [5.74, 6) is 1.54. The SMILES string of the molecule is B=C[C@@H]1CC(O)[C@H](C/C=C\CCCC(=O)O)[C@H]1/C=C/C(=O)CCc1ccc(C)s1. The average molecular weight is 414 g/mol. The molecule has 0 radical (unpaired) electrons. The van der Waals surface area contributed by atoms with Gasteiger partial charge in [0.05, 0.1) is 0 Å². The quantitative estimate of drug-likeness (QED) is 0.237. The number of aliphatic hydroxyl groups is 1. The van der Waals surface area contributed by atoms with E-state index in [1.54, 1.807) is 17.4 Å². The number of ketones is 1. The minimum atomic E-state index is -0.775. The zero-order chi connectivity index (χ0) is 21.2. The molecule has 6 heteroatoms. The molecule has 1 aliphatic rings. The first-order chi connectivity index (χ1) is 13.9. The van der Waals surface area contributed by atoms with Crippen LogP contribution in [0, 0.1) is 24.7 Å². The summed E-state index contributed by atoms with van der Waals surface area (Å²) >= 11 is 1.73. The van der Waals surface area contributed by atoms with Crippen LogP contribution in [0.3, 0.4) is 0 Å². The topological polar surface area (TPSA) is 74.6 Å². The van der Waals surface area contributed by atoms with Gasteiger partial charge in [0.2, 0.25) is 0 Å². The number of rotatable bonds is 12. The molecule has 0 bridgehead atoms. The Hall–Kier alpha value is -1.79. The van der Waals surface area contributed by atoms with Crippen LogP contribution in [-0.2, 0) is 16.0 Å². The Kier molecular flexibility index (Phi) is 9.75. The van der Waals surface area contributed by atoms with Gasteiger partial charge in [-0.3, -0.25) is 0 Å². The van der Waals surface area contributed by atoms with Crippen LogP contribution in [0.15, 0.2) is 36.4 Å². The summed E-state index contributed by atoms with van der Waals surface area (Å²) in [5, 5.41) is 19.2. The average Bonchev–Trinajstić information content (AvgIpc) is 3.23. The van der Waals surface area contributed by atoms with Crippen molar-refractivity contribution in [3.63, 3.8) is 0 Å². The van der Waals surface area contributed by atoms with E-state index in [9.17, 15) is 14.7 Å². The number of carbonyl (C=O) groups is 2. The second-order valence-corrected chi connectivity index (χ2v) is 9.15. The Morgan fingerprint density at radius 1 is 1.28 bits per heavy atom. The van der Waals surface area contributed by atoms with Crippen molar-refractivity contribution in [2.24, 2.45) is 17.8 Å². The standard InChI is InChI=1S/C23H31BO4S/c1-16-8-11-19(29-16)12-9-18(25)10-13-20-17(15-24)14-22(26)21(20)6-4-2-3-5-7-23(27)28/h2,4,8,10-11,13,15,17,20-22,24,26H,3,5-7,9,12,14H2,1H3,(H,27,28)/b4-2-,13-10+/t17-,20-,21+,22?/m0/s1. The van der Waals surface area contributed by atoms with E-state index in [1.807, 2.05) is 24.2 Å². The second kappa shape index (κ2) is 12.0. The van der Waals surface area contributed by atoms with Gasteiger partial charge in [0, 0.05) is 0 Å². The van der Waals surface area contributed by atoms with E-state index in [0.717, 1.165) is 19.3 Å². The molecule has 0 aromatic carbocycles. The van der Waals surface area contributed by atoms with E-state index in [-0.39, 0.29) is 30.0 Å². The van der Waals surface area contributed by atoms with E-state index >= 15 is 0 Å². The summed E-state index contributed by atoms with van der Waals surface area (Å²) < 4.78 is 0. The van der Waals surface area contributed by atoms with Crippen LogP contribution in [0.2, 0.25) is 0 Å². The summed E-state index contributed by atoms with van der Waals surface area (Å²) in [6, 6.07) is 4.16. The molecule has 0 amide bonds. The Morgan fingerprint density at radius 2 is 2.07 bits per heavy atom. The van der Waals surface area contributed by atoms with Gasteiger partial charge in [0.15, 0.2) is 0 Å². The van der Waals surface area contributed by atoms with Crippen molar-refractivity contribution < 1.29 is 19.8 Å². The van der Waals surface area contributed by atoms with Gasteiger partial charge < -0.3 is 0 Å². The molecule has 1 saturated carbocycles. The molecule has 156 valence electrons. The van der Waals surface area contributed by atoms with Crippen molar-refractivity contribution >= 4 is 36.5 Å². The van der Waals surface area contributed by atoms with Crippen LogP contribution >= 0.6 is 11.3 Å². The van der Waals surface area contributed by atoms with Gasteiger partial charge >= 0.3 is 178 Å². The molecule has 2 N–H and O–H groups in total. The molecule has 4 atom stereocenters. The first-order valence-corrected chi connectivity index (χ1v) is 11.2. The number of carboxylic acids is 1. The molecule has 1 aromatic rings. The van der Waals surface area contributed by atoms with Gasteiger partial charge in [0.1, 0.15) is 0 Å². The second-order valence-electron chi connectivity index (χ2n) is 7.77. The number of allylic oxidation sites excluding steroid dienone is 4. The van der Waals surface area contributed by atoms with Crippen LogP contribution in [0.4, 0.5) is 0 Å². The molecule has 1 aliphatic carbocycles. The van der Waals surface area contributed by atoms with Gasteiger partial charge in [-0.2, -0.15) is 0 Å². The fourth-order valence-electron chi connectivity index (χ4n) is 3.95. The van der Waals surface area contributed by atoms with Gasteiger partial charge in [-0.05, 0) is 0 Å². The zero-order valence-corrected chi connectivity index (χ0v) is 17.9. The Balaban J connectivity index is 1.88. The number of aliphatic hydroxyl groups excluding tert-OH is 1.